The van der Waals surface area contributed by atoms with Gasteiger partial charge in [0.05, 0.1) is 6.20 Å². The molecule has 1 N–H and O–H groups in total. The minimum atomic E-state index is -1.05. The zero-order valence-electron chi connectivity index (χ0n) is 13.5. The second-order valence-electron chi connectivity index (χ2n) is 5.65. The van der Waals surface area contributed by atoms with E-state index < -0.39 is 5.97 Å². The van der Waals surface area contributed by atoms with E-state index >= 15 is 0 Å². The number of rotatable bonds is 7. The summed E-state index contributed by atoms with van der Waals surface area (Å²) in [5.41, 5.74) is 0.360. The van der Waals surface area contributed by atoms with Crippen LogP contribution in [0.3, 0.4) is 0 Å². The molecule has 0 spiro atoms. The van der Waals surface area contributed by atoms with Gasteiger partial charge in [-0.05, 0) is 24.1 Å². The number of aromatic nitrogens is 2. The Balaban J connectivity index is 2.18. The van der Waals surface area contributed by atoms with E-state index in [1.165, 1.54) is 23.5 Å². The molecule has 0 aliphatic carbocycles. The van der Waals surface area contributed by atoms with Crippen molar-refractivity contribution < 1.29 is 19.4 Å². The van der Waals surface area contributed by atoms with Gasteiger partial charge in [-0.25, -0.2) is 4.98 Å². The third-order valence-corrected chi connectivity index (χ3v) is 3.04. The number of aliphatic carboxylic acids is 1. The van der Waals surface area contributed by atoms with Gasteiger partial charge < -0.3 is 14.7 Å². The first-order valence-electron chi connectivity index (χ1n) is 7.50. The second-order valence-corrected chi connectivity index (χ2v) is 5.65. The molecule has 24 heavy (non-hydrogen) atoms. The number of carbonyl (C=O) groups is 2. The van der Waals surface area contributed by atoms with Crippen molar-refractivity contribution >= 4 is 11.9 Å². The molecular formula is C17H19N3O4. The molecule has 7 heteroatoms. The Morgan fingerprint density at radius 1 is 1.29 bits per heavy atom. The first kappa shape index (κ1) is 17.4. The van der Waals surface area contributed by atoms with E-state index in [4.69, 9.17) is 9.84 Å². The van der Waals surface area contributed by atoms with E-state index in [0.717, 1.165) is 0 Å². The number of hydrogen-bond donors (Lipinski definition) is 1. The summed E-state index contributed by atoms with van der Waals surface area (Å²) in [5, 5.41) is 9.01. The van der Waals surface area contributed by atoms with Crippen molar-refractivity contribution in [3.05, 3.63) is 48.4 Å². The summed E-state index contributed by atoms with van der Waals surface area (Å²) in [7, 11) is 0. The largest absolute Gasteiger partial charge is 0.480 e. The van der Waals surface area contributed by atoms with Crippen LogP contribution in [-0.4, -0.2) is 44.9 Å². The maximum absolute atomic E-state index is 12.6. The van der Waals surface area contributed by atoms with Crippen LogP contribution in [0.4, 0.5) is 0 Å². The zero-order valence-corrected chi connectivity index (χ0v) is 13.5. The number of carbonyl (C=O) groups excluding carboxylic acids is 1. The SMILES string of the molecule is CC(C)CN(CC(=O)O)C(=O)c1cccc(Oc2cnccn2)c1. The van der Waals surface area contributed by atoms with Crippen LogP contribution in [-0.2, 0) is 4.79 Å². The molecule has 1 heterocycles. The number of carboxylic acid groups (broad SMARTS) is 1. The zero-order chi connectivity index (χ0) is 17.5. The van der Waals surface area contributed by atoms with Gasteiger partial charge >= 0.3 is 5.97 Å². The molecule has 7 nitrogen and oxygen atoms in total. The number of ether oxygens (including phenoxy) is 1. The Bertz CT molecular complexity index is 704. The predicted octanol–water partition coefficient (Wildman–Crippen LogP) is 2.45. The van der Waals surface area contributed by atoms with Crippen LogP contribution < -0.4 is 4.74 Å². The maximum atomic E-state index is 12.6. The fourth-order valence-electron chi connectivity index (χ4n) is 2.16. The highest BCUT2D eigenvalue weighted by Gasteiger charge is 2.20. The van der Waals surface area contributed by atoms with Gasteiger partial charge in [0.1, 0.15) is 12.3 Å². The van der Waals surface area contributed by atoms with Crippen LogP contribution in [0.1, 0.15) is 24.2 Å². The third-order valence-electron chi connectivity index (χ3n) is 3.04. The average molecular weight is 329 g/mol. The van der Waals surface area contributed by atoms with Gasteiger partial charge in [0.2, 0.25) is 5.88 Å². The number of carboxylic acids is 1. The summed E-state index contributed by atoms with van der Waals surface area (Å²) in [6, 6.07) is 6.55. The normalized spacial score (nSPS) is 10.5. The van der Waals surface area contributed by atoms with Gasteiger partial charge in [-0.15, -0.1) is 0 Å². The Kier molecular flexibility index (Phi) is 5.83. The van der Waals surface area contributed by atoms with Gasteiger partial charge in [0.15, 0.2) is 0 Å². The van der Waals surface area contributed by atoms with Crippen molar-refractivity contribution in [3.8, 4) is 11.6 Å². The van der Waals surface area contributed by atoms with Crippen LogP contribution in [0.25, 0.3) is 0 Å². The molecule has 0 bridgehead atoms. The Hall–Kier alpha value is -2.96. The minimum absolute atomic E-state index is 0.160. The van der Waals surface area contributed by atoms with Gasteiger partial charge in [-0.1, -0.05) is 19.9 Å². The molecule has 1 aromatic heterocycles. The number of nitrogens with zero attached hydrogens (tertiary/aromatic N) is 3. The molecule has 0 atom stereocenters. The quantitative estimate of drug-likeness (QED) is 0.839. The molecule has 126 valence electrons. The maximum Gasteiger partial charge on any atom is 0.323 e. The summed E-state index contributed by atoms with van der Waals surface area (Å²) < 4.78 is 5.55. The van der Waals surface area contributed by atoms with Crippen LogP contribution >= 0.6 is 0 Å². The van der Waals surface area contributed by atoms with E-state index in [-0.39, 0.29) is 18.4 Å². The van der Waals surface area contributed by atoms with Crippen molar-refractivity contribution in [2.75, 3.05) is 13.1 Å². The molecule has 2 aromatic rings. The minimum Gasteiger partial charge on any atom is -0.480 e. The van der Waals surface area contributed by atoms with Crippen molar-refractivity contribution in [1.29, 1.82) is 0 Å². The fraction of sp³-hybridized carbons (Fsp3) is 0.294. The lowest BCUT2D eigenvalue weighted by Crippen LogP contribution is -2.38. The lowest BCUT2D eigenvalue weighted by molar-refractivity contribution is -0.137. The first-order valence-corrected chi connectivity index (χ1v) is 7.50. The van der Waals surface area contributed by atoms with Gasteiger partial charge in [-0.3, -0.25) is 14.6 Å². The van der Waals surface area contributed by atoms with Crippen molar-refractivity contribution in [1.82, 2.24) is 14.9 Å². The Morgan fingerprint density at radius 2 is 2.08 bits per heavy atom. The van der Waals surface area contributed by atoms with E-state index in [0.29, 0.717) is 23.7 Å². The topological polar surface area (TPSA) is 92.6 Å². The molecule has 0 unspecified atom stereocenters. The molecule has 0 saturated carbocycles. The lowest BCUT2D eigenvalue weighted by atomic mass is 10.1. The third kappa shape index (κ3) is 5.05. The van der Waals surface area contributed by atoms with Crippen LogP contribution in [0.2, 0.25) is 0 Å². The highest BCUT2D eigenvalue weighted by Crippen LogP contribution is 2.20. The molecule has 0 radical (unpaired) electrons. The molecule has 0 aliphatic rings. The molecule has 1 aromatic carbocycles. The molecule has 0 aliphatic heterocycles. The van der Waals surface area contributed by atoms with Crippen molar-refractivity contribution in [2.24, 2.45) is 5.92 Å². The summed E-state index contributed by atoms with van der Waals surface area (Å²) in [4.78, 5) is 32.8. The van der Waals surface area contributed by atoms with Crippen LogP contribution in [0.5, 0.6) is 11.6 Å². The fourth-order valence-corrected chi connectivity index (χ4v) is 2.16. The van der Waals surface area contributed by atoms with Gasteiger partial charge in [-0.2, -0.15) is 0 Å². The molecule has 2 rings (SSSR count). The van der Waals surface area contributed by atoms with Gasteiger partial charge in [0.25, 0.3) is 5.91 Å². The van der Waals surface area contributed by atoms with Crippen molar-refractivity contribution in [2.45, 2.75) is 13.8 Å². The Labute approximate surface area is 139 Å². The number of hydrogen-bond acceptors (Lipinski definition) is 5. The average Bonchev–Trinajstić information content (AvgIpc) is 2.54. The first-order chi connectivity index (χ1) is 11.5. The highest BCUT2D eigenvalue weighted by molar-refractivity contribution is 5.96. The summed E-state index contributed by atoms with van der Waals surface area (Å²) in [6.45, 7) is 3.87. The second kappa shape index (κ2) is 8.05. The number of benzene rings is 1. The van der Waals surface area contributed by atoms with E-state index in [1.54, 1.807) is 24.3 Å². The van der Waals surface area contributed by atoms with Gasteiger partial charge in [0, 0.05) is 24.5 Å². The smallest absolute Gasteiger partial charge is 0.323 e. The van der Waals surface area contributed by atoms with E-state index in [9.17, 15) is 9.59 Å². The summed E-state index contributed by atoms with van der Waals surface area (Å²) in [6.07, 6.45) is 4.49. The summed E-state index contributed by atoms with van der Waals surface area (Å²) in [5.74, 6) is -0.494. The monoisotopic (exact) mass is 329 g/mol. The predicted molar refractivity (Wildman–Crippen MR) is 86.9 cm³/mol. The number of amides is 1. The summed E-state index contributed by atoms with van der Waals surface area (Å²) >= 11 is 0. The highest BCUT2D eigenvalue weighted by atomic mass is 16.5. The molecular weight excluding hydrogens is 310 g/mol. The van der Waals surface area contributed by atoms with E-state index in [1.807, 2.05) is 13.8 Å². The Morgan fingerprint density at radius 3 is 2.71 bits per heavy atom. The molecule has 1 amide bonds. The van der Waals surface area contributed by atoms with E-state index in [2.05, 4.69) is 9.97 Å². The van der Waals surface area contributed by atoms with Crippen LogP contribution in [0, 0.1) is 5.92 Å². The molecule has 0 fully saturated rings. The lowest BCUT2D eigenvalue weighted by Gasteiger charge is -2.23. The molecule has 0 saturated heterocycles. The standard InChI is InChI=1S/C17H19N3O4/c1-12(2)10-20(11-16(21)22)17(23)13-4-3-5-14(8-13)24-15-9-18-6-7-19-15/h3-9,12H,10-11H2,1-2H3,(H,21,22). The van der Waals surface area contributed by atoms with Crippen LogP contribution in [0.15, 0.2) is 42.9 Å². The van der Waals surface area contributed by atoms with Crippen molar-refractivity contribution in [3.63, 3.8) is 0 Å².